The molecule has 1 aromatic rings. The minimum Gasteiger partial charge on any atom is -0.334 e. The van der Waals surface area contributed by atoms with Gasteiger partial charge in [-0.05, 0) is 49.3 Å². The molecule has 0 aromatic heterocycles. The Labute approximate surface area is 185 Å². The fourth-order valence-corrected chi connectivity index (χ4v) is 5.56. The molecule has 1 saturated carbocycles. The number of amides is 3. The molecule has 3 rings (SSSR count). The second-order valence-corrected chi connectivity index (χ2v) is 11.1. The lowest BCUT2D eigenvalue weighted by Gasteiger charge is -2.27. The van der Waals surface area contributed by atoms with Crippen molar-refractivity contribution in [1.82, 2.24) is 10.2 Å². The summed E-state index contributed by atoms with van der Waals surface area (Å²) in [6.07, 6.45) is 8.07. The number of nitrogens with zero attached hydrogens (tertiary/aromatic N) is 1. The van der Waals surface area contributed by atoms with Crippen molar-refractivity contribution in [3.8, 4) is 0 Å². The highest BCUT2D eigenvalue weighted by Gasteiger charge is 2.26. The first-order chi connectivity index (χ1) is 14.9. The van der Waals surface area contributed by atoms with Crippen molar-refractivity contribution < 1.29 is 18.0 Å². The summed E-state index contributed by atoms with van der Waals surface area (Å²) >= 11 is 0. The molecule has 1 aliphatic carbocycles. The number of anilines is 1. The Bertz CT molecular complexity index is 832. The van der Waals surface area contributed by atoms with E-state index in [1.165, 1.54) is 24.2 Å². The Kier molecular flexibility index (Phi) is 8.35. The van der Waals surface area contributed by atoms with Gasteiger partial charge in [0.05, 0.1) is 11.5 Å². The van der Waals surface area contributed by atoms with Crippen LogP contribution < -0.4 is 10.6 Å². The van der Waals surface area contributed by atoms with Gasteiger partial charge < -0.3 is 15.5 Å². The van der Waals surface area contributed by atoms with Gasteiger partial charge in [-0.3, -0.25) is 4.79 Å². The average molecular weight is 450 g/mol. The highest BCUT2D eigenvalue weighted by molar-refractivity contribution is 7.91. The summed E-state index contributed by atoms with van der Waals surface area (Å²) in [4.78, 5) is 26.3. The first-order valence-electron chi connectivity index (χ1n) is 11.5. The van der Waals surface area contributed by atoms with Crippen molar-refractivity contribution in [2.45, 2.75) is 58.4 Å². The van der Waals surface area contributed by atoms with Crippen LogP contribution in [-0.2, 0) is 21.2 Å². The van der Waals surface area contributed by atoms with Crippen LogP contribution in [0.1, 0.15) is 57.4 Å². The molecule has 2 aliphatic rings. The normalized spacial score (nSPS) is 23.2. The first kappa shape index (κ1) is 23.6. The molecule has 0 atom stereocenters. The van der Waals surface area contributed by atoms with Gasteiger partial charge in [-0.1, -0.05) is 38.3 Å². The Hall–Kier alpha value is -2.09. The fraction of sp³-hybridized carbons (Fsp3) is 0.652. The van der Waals surface area contributed by atoms with Crippen LogP contribution in [-0.4, -0.2) is 49.9 Å². The molecule has 1 aliphatic heterocycles. The molecule has 0 spiro atoms. The van der Waals surface area contributed by atoms with Crippen molar-refractivity contribution in [2.75, 3.05) is 29.9 Å². The lowest BCUT2D eigenvalue weighted by atomic mass is 9.79. The van der Waals surface area contributed by atoms with Crippen molar-refractivity contribution in [3.63, 3.8) is 0 Å². The maximum Gasteiger partial charge on any atom is 0.317 e. The highest BCUT2D eigenvalue weighted by Crippen LogP contribution is 2.32. The van der Waals surface area contributed by atoms with E-state index in [2.05, 4.69) is 17.6 Å². The third-order valence-electron chi connectivity index (χ3n) is 6.48. The maximum atomic E-state index is 12.6. The molecular weight excluding hydrogens is 414 g/mol. The lowest BCUT2D eigenvalue weighted by Crippen LogP contribution is -2.47. The van der Waals surface area contributed by atoms with Gasteiger partial charge >= 0.3 is 6.03 Å². The molecule has 31 heavy (non-hydrogen) atoms. The van der Waals surface area contributed by atoms with E-state index in [0.717, 1.165) is 42.9 Å². The molecule has 0 bridgehead atoms. The largest absolute Gasteiger partial charge is 0.334 e. The second kappa shape index (κ2) is 11.0. The zero-order valence-corrected chi connectivity index (χ0v) is 19.3. The number of carbonyl (C=O) groups is 2. The number of carbonyl (C=O) groups excluding carboxylic acids is 2. The van der Waals surface area contributed by atoms with E-state index >= 15 is 0 Å². The van der Waals surface area contributed by atoms with Crippen LogP contribution in [0.25, 0.3) is 0 Å². The Morgan fingerprint density at radius 2 is 1.68 bits per heavy atom. The summed E-state index contributed by atoms with van der Waals surface area (Å²) in [7, 11) is -3.00. The molecule has 1 heterocycles. The summed E-state index contributed by atoms with van der Waals surface area (Å²) in [6.45, 7) is 3.05. The molecule has 7 nitrogen and oxygen atoms in total. The van der Waals surface area contributed by atoms with Crippen LogP contribution in [0.2, 0.25) is 0 Å². The minimum absolute atomic E-state index is 0.0230. The molecular formula is C23H35N3O4S. The van der Waals surface area contributed by atoms with Crippen molar-refractivity contribution in [2.24, 2.45) is 11.8 Å². The number of sulfone groups is 1. The van der Waals surface area contributed by atoms with E-state index in [4.69, 9.17) is 0 Å². The molecule has 2 N–H and O–H groups in total. The van der Waals surface area contributed by atoms with Crippen molar-refractivity contribution in [1.29, 1.82) is 0 Å². The van der Waals surface area contributed by atoms with Gasteiger partial charge in [0.1, 0.15) is 0 Å². The second-order valence-electron chi connectivity index (χ2n) is 8.84. The SMILES string of the molecule is CCCCC1CCC(C(=O)Nc2ccc(CNC(=O)N3CCS(=O)(=O)CC3)cc2)CC1. The third-order valence-corrected chi connectivity index (χ3v) is 8.09. The third kappa shape index (κ3) is 7.23. The van der Waals surface area contributed by atoms with Gasteiger partial charge in [-0.15, -0.1) is 0 Å². The number of nitrogens with one attached hydrogen (secondary N) is 2. The first-order valence-corrected chi connectivity index (χ1v) is 13.3. The summed E-state index contributed by atoms with van der Waals surface area (Å²) in [6, 6.07) is 7.25. The van der Waals surface area contributed by atoms with Crippen molar-refractivity contribution >= 4 is 27.5 Å². The quantitative estimate of drug-likeness (QED) is 0.665. The predicted octanol–water partition coefficient (Wildman–Crippen LogP) is 3.56. The highest BCUT2D eigenvalue weighted by atomic mass is 32.2. The number of urea groups is 1. The Balaban J connectivity index is 1.40. The van der Waals surface area contributed by atoms with Crippen LogP contribution in [0.4, 0.5) is 10.5 Å². The van der Waals surface area contributed by atoms with Crippen LogP contribution in [0, 0.1) is 11.8 Å². The van der Waals surface area contributed by atoms with Gasteiger partial charge in [-0.25, -0.2) is 13.2 Å². The molecule has 2 fully saturated rings. The zero-order chi connectivity index (χ0) is 22.3. The summed E-state index contributed by atoms with van der Waals surface area (Å²) in [5.41, 5.74) is 1.70. The standard InChI is InChI=1S/C23H35N3O4S/c1-2-3-4-18-5-9-20(10-6-18)22(27)25-21-11-7-19(8-12-21)17-24-23(28)26-13-15-31(29,30)16-14-26/h7-8,11-12,18,20H,2-6,9-10,13-17H2,1H3,(H,24,28)(H,25,27). The van der Waals surface area contributed by atoms with E-state index < -0.39 is 9.84 Å². The average Bonchev–Trinajstić information content (AvgIpc) is 2.77. The van der Waals surface area contributed by atoms with Crippen LogP contribution >= 0.6 is 0 Å². The number of hydrogen-bond donors (Lipinski definition) is 2. The number of hydrogen-bond acceptors (Lipinski definition) is 4. The van der Waals surface area contributed by atoms with E-state index in [9.17, 15) is 18.0 Å². The molecule has 8 heteroatoms. The summed E-state index contributed by atoms with van der Waals surface area (Å²) in [5.74, 6) is 1.04. The number of unbranched alkanes of at least 4 members (excludes halogenated alkanes) is 1. The van der Waals surface area contributed by atoms with Gasteiger partial charge in [-0.2, -0.15) is 0 Å². The molecule has 3 amide bonds. The van der Waals surface area contributed by atoms with Gasteiger partial charge in [0.2, 0.25) is 5.91 Å². The van der Waals surface area contributed by atoms with E-state index in [-0.39, 0.29) is 42.5 Å². The topological polar surface area (TPSA) is 95.6 Å². The molecule has 1 aromatic carbocycles. The zero-order valence-electron chi connectivity index (χ0n) is 18.4. The molecule has 0 unspecified atom stereocenters. The summed E-state index contributed by atoms with van der Waals surface area (Å²) < 4.78 is 22.9. The van der Waals surface area contributed by atoms with E-state index in [1.54, 1.807) is 0 Å². The van der Waals surface area contributed by atoms with E-state index in [1.807, 2.05) is 24.3 Å². The monoisotopic (exact) mass is 449 g/mol. The van der Waals surface area contributed by atoms with Crippen molar-refractivity contribution in [3.05, 3.63) is 29.8 Å². The van der Waals surface area contributed by atoms with Gasteiger partial charge in [0.25, 0.3) is 0 Å². The van der Waals surface area contributed by atoms with Gasteiger partial charge in [0, 0.05) is 31.2 Å². The van der Waals surface area contributed by atoms with Crippen LogP contribution in [0.5, 0.6) is 0 Å². The maximum absolute atomic E-state index is 12.6. The summed E-state index contributed by atoms with van der Waals surface area (Å²) in [5, 5.41) is 5.86. The van der Waals surface area contributed by atoms with Crippen LogP contribution in [0.3, 0.4) is 0 Å². The number of benzene rings is 1. The number of rotatable bonds is 7. The van der Waals surface area contributed by atoms with Crippen LogP contribution in [0.15, 0.2) is 24.3 Å². The predicted molar refractivity (Wildman–Crippen MR) is 123 cm³/mol. The molecule has 1 saturated heterocycles. The van der Waals surface area contributed by atoms with Gasteiger partial charge in [0.15, 0.2) is 9.84 Å². The Morgan fingerprint density at radius 3 is 2.29 bits per heavy atom. The fourth-order valence-electron chi connectivity index (χ4n) is 4.36. The molecule has 0 radical (unpaired) electrons. The molecule has 172 valence electrons. The lowest BCUT2D eigenvalue weighted by molar-refractivity contribution is -0.121. The Morgan fingerprint density at radius 1 is 1.03 bits per heavy atom. The van der Waals surface area contributed by atoms with E-state index in [0.29, 0.717) is 6.54 Å². The smallest absolute Gasteiger partial charge is 0.317 e. The minimum atomic E-state index is -3.00.